The lowest BCUT2D eigenvalue weighted by Crippen LogP contribution is -2.34. The highest BCUT2D eigenvalue weighted by Crippen LogP contribution is 2.27. The fourth-order valence-corrected chi connectivity index (χ4v) is 3.95. The smallest absolute Gasteiger partial charge is 0.241 e. The third kappa shape index (κ3) is 3.47. The molecule has 2 unspecified atom stereocenters. The molecule has 21 heavy (non-hydrogen) atoms. The lowest BCUT2D eigenvalue weighted by Gasteiger charge is -2.26. The number of amides is 1. The van der Waals surface area contributed by atoms with Crippen LogP contribution < -0.4 is 5.32 Å². The molecule has 4 nitrogen and oxygen atoms in total. The van der Waals surface area contributed by atoms with Crippen LogP contribution in [0.5, 0.6) is 0 Å². The number of ether oxygens (including phenoxy) is 1. The molecule has 0 spiro atoms. The van der Waals surface area contributed by atoms with Crippen molar-refractivity contribution in [2.45, 2.75) is 57.3 Å². The summed E-state index contributed by atoms with van der Waals surface area (Å²) < 4.78 is 5.98. The van der Waals surface area contributed by atoms with E-state index in [9.17, 15) is 4.79 Å². The maximum absolute atomic E-state index is 12.3. The number of rotatable bonds is 5. The van der Waals surface area contributed by atoms with Gasteiger partial charge in [-0.15, -0.1) is 0 Å². The molecule has 1 N–H and O–H groups in total. The summed E-state index contributed by atoms with van der Waals surface area (Å²) in [6.07, 6.45) is 6.67. The second-order valence-corrected chi connectivity index (χ2v) is 6.79. The van der Waals surface area contributed by atoms with Gasteiger partial charge in [0.2, 0.25) is 5.91 Å². The molecule has 116 valence electrons. The van der Waals surface area contributed by atoms with Crippen LogP contribution in [0.25, 0.3) is 0 Å². The molecule has 1 amide bonds. The van der Waals surface area contributed by atoms with E-state index in [0.717, 1.165) is 0 Å². The predicted molar refractivity (Wildman–Crippen MR) is 84.2 cm³/mol. The second kappa shape index (κ2) is 6.90. The van der Waals surface area contributed by atoms with Crippen molar-refractivity contribution in [3.05, 3.63) is 22.4 Å². The van der Waals surface area contributed by atoms with Crippen LogP contribution in [0.3, 0.4) is 0 Å². The Hall–Kier alpha value is -0.910. The van der Waals surface area contributed by atoms with Crippen molar-refractivity contribution in [2.75, 3.05) is 13.2 Å². The average Bonchev–Trinajstić information content (AvgIpc) is 3.12. The Bertz CT molecular complexity index is 457. The number of thiophene rings is 1. The van der Waals surface area contributed by atoms with Crippen LogP contribution in [0.2, 0.25) is 0 Å². The Morgan fingerprint density at radius 2 is 2.19 bits per heavy atom. The SMILES string of the molecule is CC1NC(c2ccsc2)N(CCOC2CCCCC2)C1=O. The lowest BCUT2D eigenvalue weighted by atomic mass is 9.98. The third-order valence-corrected chi connectivity index (χ3v) is 5.17. The molecule has 1 saturated heterocycles. The van der Waals surface area contributed by atoms with E-state index in [1.54, 1.807) is 11.3 Å². The van der Waals surface area contributed by atoms with Crippen LogP contribution in [0, 0.1) is 0 Å². The van der Waals surface area contributed by atoms with Crippen molar-refractivity contribution in [2.24, 2.45) is 0 Å². The molecule has 2 heterocycles. The average molecular weight is 308 g/mol. The molecular weight excluding hydrogens is 284 g/mol. The molecule has 2 fully saturated rings. The van der Waals surface area contributed by atoms with Crippen LogP contribution in [0.4, 0.5) is 0 Å². The van der Waals surface area contributed by atoms with E-state index in [2.05, 4.69) is 22.1 Å². The fourth-order valence-electron chi connectivity index (χ4n) is 3.27. The van der Waals surface area contributed by atoms with E-state index in [0.29, 0.717) is 19.3 Å². The molecule has 1 saturated carbocycles. The van der Waals surface area contributed by atoms with Crippen LogP contribution in [0.1, 0.15) is 50.8 Å². The lowest BCUT2D eigenvalue weighted by molar-refractivity contribution is -0.131. The Morgan fingerprint density at radius 3 is 2.90 bits per heavy atom. The van der Waals surface area contributed by atoms with Crippen LogP contribution in [-0.4, -0.2) is 36.1 Å². The molecule has 3 rings (SSSR count). The van der Waals surface area contributed by atoms with E-state index in [1.807, 2.05) is 11.8 Å². The summed E-state index contributed by atoms with van der Waals surface area (Å²) in [5.74, 6) is 0.179. The summed E-state index contributed by atoms with van der Waals surface area (Å²) in [5.41, 5.74) is 1.18. The Kier molecular flexibility index (Phi) is 4.93. The van der Waals surface area contributed by atoms with E-state index in [-0.39, 0.29) is 18.1 Å². The standard InChI is InChI=1S/C16H24N2O2S/c1-12-16(19)18(15(17-12)13-7-10-21-11-13)8-9-20-14-5-3-2-4-6-14/h7,10-12,14-15,17H,2-6,8-9H2,1H3. The van der Waals surface area contributed by atoms with E-state index >= 15 is 0 Å². The number of nitrogens with one attached hydrogen (secondary N) is 1. The molecule has 2 aliphatic rings. The highest BCUT2D eigenvalue weighted by Gasteiger charge is 2.36. The molecule has 2 atom stereocenters. The summed E-state index contributed by atoms with van der Waals surface area (Å²) in [5, 5.41) is 7.54. The Labute approximate surface area is 130 Å². The Morgan fingerprint density at radius 1 is 1.38 bits per heavy atom. The molecule has 5 heteroatoms. The van der Waals surface area contributed by atoms with E-state index in [1.165, 1.54) is 37.7 Å². The topological polar surface area (TPSA) is 41.6 Å². The summed E-state index contributed by atoms with van der Waals surface area (Å²) in [6, 6.07) is 1.98. The van der Waals surface area contributed by atoms with Gasteiger partial charge in [0.25, 0.3) is 0 Å². The first-order valence-corrected chi connectivity index (χ1v) is 8.90. The van der Waals surface area contributed by atoms with Gasteiger partial charge in [0, 0.05) is 6.54 Å². The van der Waals surface area contributed by atoms with Gasteiger partial charge in [0.05, 0.1) is 18.8 Å². The first-order chi connectivity index (χ1) is 10.3. The first kappa shape index (κ1) is 15.0. The number of hydrogen-bond acceptors (Lipinski definition) is 4. The molecule has 0 radical (unpaired) electrons. The van der Waals surface area contributed by atoms with Crippen molar-refractivity contribution in [1.82, 2.24) is 10.2 Å². The van der Waals surface area contributed by atoms with E-state index < -0.39 is 0 Å². The normalized spacial score (nSPS) is 27.5. The van der Waals surface area contributed by atoms with Crippen LogP contribution in [-0.2, 0) is 9.53 Å². The predicted octanol–water partition coefficient (Wildman–Crippen LogP) is 2.92. The minimum absolute atomic E-state index is 0.00806. The number of carbonyl (C=O) groups excluding carboxylic acids is 1. The van der Waals surface area contributed by atoms with Gasteiger partial charge in [-0.3, -0.25) is 10.1 Å². The second-order valence-electron chi connectivity index (χ2n) is 6.01. The maximum Gasteiger partial charge on any atom is 0.241 e. The minimum Gasteiger partial charge on any atom is -0.376 e. The molecule has 1 aromatic rings. The third-order valence-electron chi connectivity index (χ3n) is 4.47. The molecule has 1 aromatic heterocycles. The van der Waals surface area contributed by atoms with Gasteiger partial charge in [-0.05, 0) is 42.2 Å². The monoisotopic (exact) mass is 308 g/mol. The quantitative estimate of drug-likeness (QED) is 0.909. The summed E-state index contributed by atoms with van der Waals surface area (Å²) in [6.45, 7) is 3.25. The van der Waals surface area contributed by atoms with Crippen molar-refractivity contribution < 1.29 is 9.53 Å². The van der Waals surface area contributed by atoms with Crippen molar-refractivity contribution in [1.29, 1.82) is 0 Å². The summed E-state index contributed by atoms with van der Waals surface area (Å²) in [4.78, 5) is 14.2. The van der Waals surface area contributed by atoms with Gasteiger partial charge in [-0.2, -0.15) is 11.3 Å². The molecular formula is C16H24N2O2S. The fraction of sp³-hybridized carbons (Fsp3) is 0.688. The molecule has 0 aromatic carbocycles. The zero-order valence-electron chi connectivity index (χ0n) is 12.6. The number of carbonyl (C=O) groups is 1. The van der Waals surface area contributed by atoms with E-state index in [4.69, 9.17) is 4.74 Å². The van der Waals surface area contributed by atoms with Crippen LogP contribution >= 0.6 is 11.3 Å². The maximum atomic E-state index is 12.3. The van der Waals surface area contributed by atoms with Gasteiger partial charge in [0.1, 0.15) is 6.17 Å². The minimum atomic E-state index is -0.107. The van der Waals surface area contributed by atoms with Crippen molar-refractivity contribution >= 4 is 17.2 Å². The van der Waals surface area contributed by atoms with Crippen LogP contribution in [0.15, 0.2) is 16.8 Å². The Balaban J connectivity index is 1.55. The van der Waals surface area contributed by atoms with Gasteiger partial charge in [-0.25, -0.2) is 0 Å². The summed E-state index contributed by atoms with van der Waals surface area (Å²) >= 11 is 1.67. The van der Waals surface area contributed by atoms with Crippen molar-refractivity contribution in [3.63, 3.8) is 0 Å². The van der Waals surface area contributed by atoms with Crippen molar-refractivity contribution in [3.8, 4) is 0 Å². The summed E-state index contributed by atoms with van der Waals surface area (Å²) in [7, 11) is 0. The molecule has 1 aliphatic heterocycles. The molecule has 1 aliphatic carbocycles. The van der Waals surface area contributed by atoms with Gasteiger partial charge in [-0.1, -0.05) is 19.3 Å². The van der Waals surface area contributed by atoms with Gasteiger partial charge < -0.3 is 9.64 Å². The highest BCUT2D eigenvalue weighted by molar-refractivity contribution is 7.07. The molecule has 0 bridgehead atoms. The largest absolute Gasteiger partial charge is 0.376 e. The first-order valence-electron chi connectivity index (χ1n) is 7.96. The highest BCUT2D eigenvalue weighted by atomic mass is 32.1. The number of hydrogen-bond donors (Lipinski definition) is 1. The number of nitrogens with zero attached hydrogens (tertiary/aromatic N) is 1. The van der Waals surface area contributed by atoms with Gasteiger partial charge in [0.15, 0.2) is 0 Å². The zero-order chi connectivity index (χ0) is 14.7. The van der Waals surface area contributed by atoms with Gasteiger partial charge >= 0.3 is 0 Å². The zero-order valence-corrected chi connectivity index (χ0v) is 13.4.